The van der Waals surface area contributed by atoms with Crippen LogP contribution in [0.15, 0.2) is 30.5 Å². The summed E-state index contributed by atoms with van der Waals surface area (Å²) in [6.07, 6.45) is -2.05. The quantitative estimate of drug-likeness (QED) is 0.666. The Balaban J connectivity index is 0.000000553. The number of ether oxygens (including phenoxy) is 1. The molecule has 0 radical (unpaired) electrons. The second-order valence-corrected chi connectivity index (χ2v) is 8.61. The van der Waals surface area contributed by atoms with Crippen molar-refractivity contribution in [3.8, 4) is 5.75 Å². The molecule has 2 rings (SSSR count). The zero-order chi connectivity index (χ0) is 23.1. The van der Waals surface area contributed by atoms with Gasteiger partial charge in [-0.05, 0) is 38.1 Å². The molecule has 0 fully saturated rings. The van der Waals surface area contributed by atoms with Crippen LogP contribution in [0.25, 0.3) is 10.9 Å². The molecule has 30 heavy (non-hydrogen) atoms. The number of hydrogen-bond acceptors (Lipinski definition) is 6. The van der Waals surface area contributed by atoms with Crippen molar-refractivity contribution in [2.75, 3.05) is 31.7 Å². The van der Waals surface area contributed by atoms with Crippen LogP contribution in [0, 0.1) is 0 Å². The van der Waals surface area contributed by atoms with Gasteiger partial charge < -0.3 is 15.2 Å². The second-order valence-electron chi connectivity index (χ2n) is 6.52. The van der Waals surface area contributed by atoms with E-state index in [2.05, 4.69) is 10.3 Å². The molecule has 8 nitrogen and oxygen atoms in total. The normalized spacial score (nSPS) is 11.9. The van der Waals surface area contributed by atoms with Crippen LogP contribution in [0.5, 0.6) is 5.75 Å². The molecule has 1 heterocycles. The maximum Gasteiger partial charge on any atom is 0.490 e. The molecular formula is C18H24F3N3O5S. The maximum atomic E-state index is 11.4. The fourth-order valence-corrected chi connectivity index (χ4v) is 2.56. The van der Waals surface area contributed by atoms with Crippen molar-refractivity contribution in [1.82, 2.24) is 9.29 Å². The number of halogens is 3. The average molecular weight is 451 g/mol. The van der Waals surface area contributed by atoms with Gasteiger partial charge in [-0.3, -0.25) is 4.98 Å². The van der Waals surface area contributed by atoms with E-state index in [4.69, 9.17) is 14.6 Å². The number of pyridine rings is 1. The lowest BCUT2D eigenvalue weighted by molar-refractivity contribution is -0.192. The lowest BCUT2D eigenvalue weighted by Gasteiger charge is -2.16. The Kier molecular flexibility index (Phi) is 8.85. The summed E-state index contributed by atoms with van der Waals surface area (Å²) in [6, 6.07) is 7.64. The van der Waals surface area contributed by atoms with Crippen LogP contribution in [0.1, 0.15) is 13.8 Å². The number of aliphatic carboxylic acids is 1. The summed E-state index contributed by atoms with van der Waals surface area (Å²) in [6.45, 7) is 4.87. The minimum atomic E-state index is -5.08. The number of nitrogens with zero attached hydrogens (tertiary/aromatic N) is 2. The third-order valence-electron chi connectivity index (χ3n) is 3.64. The topological polar surface area (TPSA) is 109 Å². The average Bonchev–Trinajstić information content (AvgIpc) is 2.60. The van der Waals surface area contributed by atoms with Gasteiger partial charge in [-0.1, -0.05) is 0 Å². The number of aromatic nitrogens is 1. The molecule has 2 aromatic rings. The molecule has 0 amide bonds. The molecule has 168 valence electrons. The third kappa shape index (κ3) is 8.41. The fourth-order valence-electron chi connectivity index (χ4n) is 2.14. The van der Waals surface area contributed by atoms with E-state index in [1.807, 2.05) is 38.1 Å². The van der Waals surface area contributed by atoms with E-state index in [0.29, 0.717) is 13.1 Å². The smallest absolute Gasteiger partial charge is 0.490 e. The van der Waals surface area contributed by atoms with Crippen LogP contribution in [0.4, 0.5) is 18.9 Å². The van der Waals surface area contributed by atoms with E-state index in [1.54, 1.807) is 13.2 Å². The Hall–Kier alpha value is -2.60. The fraction of sp³-hybridized carbons (Fsp3) is 0.444. The van der Waals surface area contributed by atoms with Crippen LogP contribution in [-0.2, 0) is 14.8 Å². The van der Waals surface area contributed by atoms with Gasteiger partial charge in [-0.25, -0.2) is 17.5 Å². The maximum absolute atomic E-state index is 11.4. The summed E-state index contributed by atoms with van der Waals surface area (Å²) in [5.41, 5.74) is 1.77. The van der Waals surface area contributed by atoms with Crippen molar-refractivity contribution in [2.24, 2.45) is 0 Å². The molecule has 0 aliphatic heterocycles. The van der Waals surface area contributed by atoms with Crippen LogP contribution in [0.3, 0.4) is 0 Å². The number of carboxylic acid groups (broad SMARTS) is 1. The van der Waals surface area contributed by atoms with Crippen molar-refractivity contribution < 1.29 is 36.2 Å². The van der Waals surface area contributed by atoms with E-state index in [-0.39, 0.29) is 6.10 Å². The number of likely N-dealkylation sites (N-methyl/N-ethyl adjacent to an activating group) is 1. The molecule has 1 aromatic carbocycles. The van der Waals surface area contributed by atoms with Gasteiger partial charge in [0.2, 0.25) is 10.0 Å². The monoisotopic (exact) mass is 451 g/mol. The Labute approximate surface area is 172 Å². The molecule has 1 aromatic heterocycles. The van der Waals surface area contributed by atoms with Crippen molar-refractivity contribution >= 4 is 32.6 Å². The molecular weight excluding hydrogens is 427 g/mol. The number of anilines is 1. The first kappa shape index (κ1) is 25.4. The minimum absolute atomic E-state index is 0.101. The van der Waals surface area contributed by atoms with Gasteiger partial charge in [0.05, 0.1) is 17.9 Å². The predicted molar refractivity (Wildman–Crippen MR) is 107 cm³/mol. The molecule has 0 atom stereocenters. The summed E-state index contributed by atoms with van der Waals surface area (Å²) in [7, 11) is -1.59. The number of sulfonamides is 1. The lowest BCUT2D eigenvalue weighted by atomic mass is 10.1. The van der Waals surface area contributed by atoms with Crippen LogP contribution < -0.4 is 10.1 Å². The number of nitrogens with one attached hydrogen (secondary N) is 1. The van der Waals surface area contributed by atoms with Crippen molar-refractivity contribution in [3.63, 3.8) is 0 Å². The molecule has 0 saturated carbocycles. The first-order chi connectivity index (χ1) is 13.7. The van der Waals surface area contributed by atoms with Crippen LogP contribution in [0.2, 0.25) is 0 Å². The Morgan fingerprint density at radius 2 is 1.90 bits per heavy atom. The first-order valence-electron chi connectivity index (χ1n) is 8.72. The summed E-state index contributed by atoms with van der Waals surface area (Å²) in [4.78, 5) is 13.2. The standard InChI is InChI=1S/C16H23N3O3S.C2HF3O2/c1-12(2)22-13-5-6-15-14(11-13)16(7-8-17-15)18-9-10-19(3)23(4,20)21;3-2(4,5)1(6)7/h5-8,11-12H,9-10H2,1-4H3,(H,17,18);(H,6,7). The number of benzene rings is 1. The SMILES string of the molecule is CC(C)Oc1ccc2nccc(NCCN(C)S(C)(=O)=O)c2c1.O=C(O)C(F)(F)F. The zero-order valence-electron chi connectivity index (χ0n) is 16.9. The highest BCUT2D eigenvalue weighted by atomic mass is 32.2. The van der Waals surface area contributed by atoms with Crippen molar-refractivity contribution in [1.29, 1.82) is 0 Å². The Bertz CT molecular complexity index is 965. The highest BCUT2D eigenvalue weighted by molar-refractivity contribution is 7.88. The second kappa shape index (κ2) is 10.4. The number of rotatable bonds is 7. The highest BCUT2D eigenvalue weighted by Crippen LogP contribution is 2.26. The number of carbonyl (C=O) groups is 1. The zero-order valence-corrected chi connectivity index (χ0v) is 17.7. The molecule has 0 spiro atoms. The van der Waals surface area contributed by atoms with Gasteiger partial charge in [0.1, 0.15) is 5.75 Å². The first-order valence-corrected chi connectivity index (χ1v) is 10.6. The minimum Gasteiger partial charge on any atom is -0.491 e. The Morgan fingerprint density at radius 3 is 2.40 bits per heavy atom. The van der Waals surface area contributed by atoms with Gasteiger partial charge in [0.15, 0.2) is 0 Å². The van der Waals surface area contributed by atoms with E-state index >= 15 is 0 Å². The van der Waals surface area contributed by atoms with Gasteiger partial charge >= 0.3 is 12.1 Å². The number of carboxylic acids is 1. The summed E-state index contributed by atoms with van der Waals surface area (Å²) in [5.74, 6) is -1.97. The molecule has 12 heteroatoms. The summed E-state index contributed by atoms with van der Waals surface area (Å²) < 4.78 is 61.6. The van der Waals surface area contributed by atoms with Crippen molar-refractivity contribution in [3.05, 3.63) is 30.5 Å². The number of fused-ring (bicyclic) bond motifs is 1. The lowest BCUT2D eigenvalue weighted by Crippen LogP contribution is -2.30. The van der Waals surface area contributed by atoms with E-state index in [0.717, 1.165) is 22.3 Å². The van der Waals surface area contributed by atoms with Gasteiger partial charge in [0, 0.05) is 37.4 Å². The summed E-state index contributed by atoms with van der Waals surface area (Å²) >= 11 is 0. The van der Waals surface area contributed by atoms with Gasteiger partial charge in [0.25, 0.3) is 0 Å². The van der Waals surface area contributed by atoms with Crippen LogP contribution in [-0.4, -0.2) is 67.5 Å². The molecule has 0 unspecified atom stereocenters. The number of hydrogen-bond donors (Lipinski definition) is 2. The third-order valence-corrected chi connectivity index (χ3v) is 4.95. The van der Waals surface area contributed by atoms with Gasteiger partial charge in [-0.15, -0.1) is 0 Å². The van der Waals surface area contributed by atoms with E-state index < -0.39 is 22.2 Å². The van der Waals surface area contributed by atoms with Gasteiger partial charge in [-0.2, -0.15) is 13.2 Å². The molecule has 0 aliphatic rings. The van der Waals surface area contributed by atoms with E-state index in [9.17, 15) is 21.6 Å². The van der Waals surface area contributed by atoms with Crippen LogP contribution >= 0.6 is 0 Å². The predicted octanol–water partition coefficient (Wildman–Crippen LogP) is 2.96. The largest absolute Gasteiger partial charge is 0.491 e. The molecule has 0 aliphatic carbocycles. The van der Waals surface area contributed by atoms with Crippen molar-refractivity contribution in [2.45, 2.75) is 26.1 Å². The molecule has 0 saturated heterocycles. The molecule has 0 bridgehead atoms. The summed E-state index contributed by atoms with van der Waals surface area (Å²) in [5, 5.41) is 11.3. The number of alkyl halides is 3. The Morgan fingerprint density at radius 1 is 1.30 bits per heavy atom. The van der Waals surface area contributed by atoms with E-state index in [1.165, 1.54) is 10.6 Å². The highest BCUT2D eigenvalue weighted by Gasteiger charge is 2.38. The molecule has 2 N–H and O–H groups in total.